The Morgan fingerprint density at radius 3 is 2.56 bits per heavy atom. The summed E-state index contributed by atoms with van der Waals surface area (Å²) in [7, 11) is 0. The molecule has 0 atom stereocenters. The lowest BCUT2D eigenvalue weighted by molar-refractivity contribution is 0.103. The summed E-state index contributed by atoms with van der Waals surface area (Å²) in [4.78, 5) is 17.6. The predicted molar refractivity (Wildman–Crippen MR) is 101 cm³/mol. The average Bonchev–Trinajstić information content (AvgIpc) is 2.98. The van der Waals surface area contributed by atoms with E-state index in [0.29, 0.717) is 11.5 Å². The van der Waals surface area contributed by atoms with Gasteiger partial charge in [0.2, 0.25) is 0 Å². The van der Waals surface area contributed by atoms with Crippen LogP contribution in [0.5, 0.6) is 5.75 Å². The Hall–Kier alpha value is -2.66. The second-order valence-corrected chi connectivity index (χ2v) is 6.96. The van der Waals surface area contributed by atoms with Crippen molar-refractivity contribution in [1.82, 2.24) is 4.98 Å². The first-order valence-electron chi connectivity index (χ1n) is 8.05. The maximum Gasteiger partial charge on any atom is 0.267 e. The molecule has 0 bridgehead atoms. The van der Waals surface area contributed by atoms with E-state index in [2.05, 4.69) is 10.3 Å². The molecule has 0 unspecified atom stereocenters. The van der Waals surface area contributed by atoms with Crippen molar-refractivity contribution in [3.8, 4) is 5.75 Å². The zero-order valence-corrected chi connectivity index (χ0v) is 15.3. The topological polar surface area (TPSA) is 51.2 Å². The van der Waals surface area contributed by atoms with Gasteiger partial charge in [-0.3, -0.25) is 4.79 Å². The molecule has 3 aromatic rings. The molecule has 0 spiro atoms. The van der Waals surface area contributed by atoms with Crippen LogP contribution in [0.4, 0.5) is 5.69 Å². The number of nitrogens with zero attached hydrogens (tertiary/aromatic N) is 1. The Labute approximate surface area is 151 Å². The molecule has 0 saturated carbocycles. The lowest BCUT2D eigenvalue weighted by Gasteiger charge is -2.06. The van der Waals surface area contributed by atoms with E-state index in [1.54, 1.807) is 0 Å². The Morgan fingerprint density at radius 1 is 1.08 bits per heavy atom. The predicted octanol–water partition coefficient (Wildman–Crippen LogP) is 4.90. The number of hydrogen-bond donors (Lipinski definition) is 1. The van der Waals surface area contributed by atoms with E-state index in [-0.39, 0.29) is 5.91 Å². The van der Waals surface area contributed by atoms with Gasteiger partial charge in [0.1, 0.15) is 22.2 Å². The average molecular weight is 352 g/mol. The molecule has 4 nitrogen and oxygen atoms in total. The van der Waals surface area contributed by atoms with Gasteiger partial charge in [0, 0.05) is 5.69 Å². The van der Waals surface area contributed by atoms with E-state index >= 15 is 0 Å². The third-order valence-electron chi connectivity index (χ3n) is 3.92. The molecule has 1 aromatic heterocycles. The van der Waals surface area contributed by atoms with E-state index in [0.717, 1.165) is 27.7 Å². The number of nitrogens with one attached hydrogen (secondary N) is 1. The largest absolute Gasteiger partial charge is 0.486 e. The van der Waals surface area contributed by atoms with Crippen LogP contribution in [0.2, 0.25) is 0 Å². The van der Waals surface area contributed by atoms with Crippen molar-refractivity contribution in [3.63, 3.8) is 0 Å². The van der Waals surface area contributed by atoms with E-state index in [1.165, 1.54) is 16.9 Å². The van der Waals surface area contributed by atoms with Crippen molar-refractivity contribution in [2.45, 2.75) is 27.4 Å². The molecule has 0 aliphatic rings. The fourth-order valence-corrected chi connectivity index (χ4v) is 3.27. The number of amides is 1. The number of anilines is 1. The number of carbonyl (C=O) groups is 1. The van der Waals surface area contributed by atoms with Gasteiger partial charge in [0.15, 0.2) is 0 Å². The zero-order valence-electron chi connectivity index (χ0n) is 14.5. The van der Waals surface area contributed by atoms with Crippen LogP contribution in [0.15, 0.2) is 48.5 Å². The van der Waals surface area contributed by atoms with Gasteiger partial charge in [-0.05, 0) is 56.2 Å². The zero-order chi connectivity index (χ0) is 17.8. The first-order chi connectivity index (χ1) is 12.0. The summed E-state index contributed by atoms with van der Waals surface area (Å²) in [5.41, 5.74) is 3.86. The molecule has 3 rings (SSSR count). The van der Waals surface area contributed by atoms with Gasteiger partial charge in [-0.15, -0.1) is 11.3 Å². The highest BCUT2D eigenvalue weighted by molar-refractivity contribution is 7.13. The lowest BCUT2D eigenvalue weighted by atomic mass is 10.1. The van der Waals surface area contributed by atoms with Gasteiger partial charge in [-0.1, -0.05) is 24.3 Å². The van der Waals surface area contributed by atoms with E-state index in [9.17, 15) is 4.79 Å². The first kappa shape index (κ1) is 17.2. The van der Waals surface area contributed by atoms with Crippen LogP contribution in [-0.2, 0) is 6.61 Å². The lowest BCUT2D eigenvalue weighted by Crippen LogP contribution is -2.11. The van der Waals surface area contributed by atoms with Crippen molar-refractivity contribution in [3.05, 3.63) is 75.2 Å². The van der Waals surface area contributed by atoms with Gasteiger partial charge >= 0.3 is 0 Å². The molecule has 0 radical (unpaired) electrons. The molecule has 2 aromatic carbocycles. The monoisotopic (exact) mass is 352 g/mol. The van der Waals surface area contributed by atoms with Gasteiger partial charge in [-0.25, -0.2) is 4.98 Å². The number of benzene rings is 2. The Kier molecular flexibility index (Phi) is 5.14. The van der Waals surface area contributed by atoms with Crippen molar-refractivity contribution in [2.24, 2.45) is 0 Å². The molecular formula is C20H20N2O2S. The standard InChI is InChI=1S/C20H20N2O2S/c1-13-9-10-16(11-14(13)2)22-20(23)19-15(3)21-18(25-19)12-24-17-7-5-4-6-8-17/h4-11H,12H2,1-3H3,(H,22,23). The Morgan fingerprint density at radius 2 is 1.84 bits per heavy atom. The van der Waals surface area contributed by atoms with E-state index in [4.69, 9.17) is 4.74 Å². The van der Waals surface area contributed by atoms with E-state index < -0.39 is 0 Å². The summed E-state index contributed by atoms with van der Waals surface area (Å²) >= 11 is 1.37. The van der Waals surface area contributed by atoms with Gasteiger partial charge in [-0.2, -0.15) is 0 Å². The molecule has 1 heterocycles. The van der Waals surface area contributed by atoms with Crippen LogP contribution < -0.4 is 10.1 Å². The van der Waals surface area contributed by atoms with Crippen LogP contribution in [0.1, 0.15) is 31.5 Å². The maximum atomic E-state index is 12.5. The summed E-state index contributed by atoms with van der Waals surface area (Å²) < 4.78 is 5.70. The van der Waals surface area contributed by atoms with E-state index in [1.807, 2.05) is 69.3 Å². The van der Waals surface area contributed by atoms with Crippen LogP contribution in [-0.4, -0.2) is 10.9 Å². The van der Waals surface area contributed by atoms with Crippen molar-refractivity contribution in [1.29, 1.82) is 0 Å². The molecule has 0 aliphatic carbocycles. The number of thiazole rings is 1. The van der Waals surface area contributed by atoms with Gasteiger partial charge in [0.05, 0.1) is 5.69 Å². The number of aromatic nitrogens is 1. The number of para-hydroxylation sites is 1. The summed E-state index contributed by atoms with van der Waals surface area (Å²) in [6.45, 7) is 6.28. The first-order valence-corrected chi connectivity index (χ1v) is 8.87. The molecule has 5 heteroatoms. The van der Waals surface area contributed by atoms with Crippen molar-refractivity contribution in [2.75, 3.05) is 5.32 Å². The number of ether oxygens (including phenoxy) is 1. The maximum absolute atomic E-state index is 12.5. The third-order valence-corrected chi connectivity index (χ3v) is 5.05. The Bertz CT molecular complexity index is 888. The van der Waals surface area contributed by atoms with Crippen molar-refractivity contribution < 1.29 is 9.53 Å². The minimum Gasteiger partial charge on any atom is -0.486 e. The fraction of sp³-hybridized carbons (Fsp3) is 0.200. The molecule has 1 amide bonds. The molecular weight excluding hydrogens is 332 g/mol. The summed E-state index contributed by atoms with van der Waals surface area (Å²) in [5, 5.41) is 3.73. The molecule has 128 valence electrons. The summed E-state index contributed by atoms with van der Waals surface area (Å²) in [5.74, 6) is 0.653. The Balaban J connectivity index is 1.68. The number of aryl methyl sites for hydroxylation is 3. The van der Waals surface area contributed by atoms with Crippen LogP contribution in [0.25, 0.3) is 0 Å². The highest BCUT2D eigenvalue weighted by Crippen LogP contribution is 2.22. The molecule has 1 N–H and O–H groups in total. The number of carbonyl (C=O) groups excluding carboxylic acids is 1. The van der Waals surface area contributed by atoms with Gasteiger partial charge in [0.25, 0.3) is 5.91 Å². The summed E-state index contributed by atoms with van der Waals surface area (Å²) in [6, 6.07) is 15.5. The second kappa shape index (κ2) is 7.49. The molecule has 0 saturated heterocycles. The fourth-order valence-electron chi connectivity index (χ4n) is 2.39. The van der Waals surface area contributed by atoms with Gasteiger partial charge < -0.3 is 10.1 Å². The number of hydrogen-bond acceptors (Lipinski definition) is 4. The highest BCUT2D eigenvalue weighted by atomic mass is 32.1. The third kappa shape index (κ3) is 4.25. The minimum atomic E-state index is -0.135. The molecule has 25 heavy (non-hydrogen) atoms. The minimum absolute atomic E-state index is 0.135. The SMILES string of the molecule is Cc1ccc(NC(=O)c2sc(COc3ccccc3)nc2C)cc1C. The van der Waals surface area contributed by atoms with Crippen molar-refractivity contribution >= 4 is 22.9 Å². The van der Waals surface area contributed by atoms with Crippen LogP contribution >= 0.6 is 11.3 Å². The van der Waals surface area contributed by atoms with Crippen LogP contribution in [0.3, 0.4) is 0 Å². The second-order valence-electron chi connectivity index (χ2n) is 5.88. The highest BCUT2D eigenvalue weighted by Gasteiger charge is 2.16. The molecule has 0 aliphatic heterocycles. The smallest absolute Gasteiger partial charge is 0.267 e. The quantitative estimate of drug-likeness (QED) is 0.710. The summed E-state index contributed by atoms with van der Waals surface area (Å²) in [6.07, 6.45) is 0. The molecule has 0 fully saturated rings. The number of rotatable bonds is 5. The van der Waals surface area contributed by atoms with Crippen LogP contribution in [0, 0.1) is 20.8 Å². The normalized spacial score (nSPS) is 10.5.